The molecule has 20 heavy (non-hydrogen) atoms. The summed E-state index contributed by atoms with van der Waals surface area (Å²) in [6.45, 7) is 0.525. The molecule has 5 heteroatoms. The fraction of sp³-hybridized carbons (Fsp3) is 0.133. The molecule has 0 saturated heterocycles. The summed E-state index contributed by atoms with van der Waals surface area (Å²) in [5.74, 6) is -0.361. The van der Waals surface area contributed by atoms with Crippen molar-refractivity contribution in [1.82, 2.24) is 10.3 Å². The summed E-state index contributed by atoms with van der Waals surface area (Å²) in [5, 5.41) is 4.84. The van der Waals surface area contributed by atoms with Gasteiger partial charge in [-0.1, -0.05) is 12.1 Å². The van der Waals surface area contributed by atoms with Crippen molar-refractivity contribution in [1.29, 1.82) is 0 Å². The van der Waals surface area contributed by atoms with Crippen molar-refractivity contribution in [2.45, 2.75) is 6.42 Å². The van der Waals surface area contributed by atoms with Crippen LogP contribution < -0.4 is 5.32 Å². The van der Waals surface area contributed by atoms with E-state index in [1.54, 1.807) is 23.5 Å². The maximum atomic E-state index is 12.8. The Labute approximate surface area is 119 Å². The van der Waals surface area contributed by atoms with E-state index in [-0.39, 0.29) is 11.7 Å². The number of hydrogen-bond acceptors (Lipinski definition) is 2. The second kappa shape index (κ2) is 5.46. The zero-order valence-corrected chi connectivity index (χ0v) is 11.5. The second-order valence-corrected chi connectivity index (χ2v) is 5.46. The monoisotopic (exact) mass is 288 g/mol. The number of aromatic nitrogens is 1. The number of benzene rings is 1. The van der Waals surface area contributed by atoms with Crippen LogP contribution in [0.1, 0.15) is 16.1 Å². The minimum absolute atomic E-state index is 0.115. The lowest BCUT2D eigenvalue weighted by Crippen LogP contribution is -2.25. The van der Waals surface area contributed by atoms with Gasteiger partial charge in [0.2, 0.25) is 0 Å². The van der Waals surface area contributed by atoms with E-state index in [2.05, 4.69) is 10.3 Å². The molecule has 0 spiro atoms. The van der Waals surface area contributed by atoms with E-state index < -0.39 is 0 Å². The number of H-pyrrole nitrogens is 1. The summed E-state index contributed by atoms with van der Waals surface area (Å²) in [4.78, 5) is 15.0. The Morgan fingerprint density at radius 1 is 1.25 bits per heavy atom. The van der Waals surface area contributed by atoms with Gasteiger partial charge in [-0.05, 0) is 41.6 Å². The van der Waals surface area contributed by atoms with Crippen LogP contribution in [-0.2, 0) is 6.42 Å². The second-order valence-electron chi connectivity index (χ2n) is 4.51. The molecule has 2 aromatic heterocycles. The maximum Gasteiger partial charge on any atom is 0.267 e. The van der Waals surface area contributed by atoms with Crippen molar-refractivity contribution >= 4 is 27.5 Å². The van der Waals surface area contributed by atoms with Crippen LogP contribution in [-0.4, -0.2) is 17.4 Å². The first kappa shape index (κ1) is 12.9. The van der Waals surface area contributed by atoms with Crippen LogP contribution in [0.3, 0.4) is 0 Å². The zero-order chi connectivity index (χ0) is 13.9. The smallest absolute Gasteiger partial charge is 0.267 e. The molecule has 2 N–H and O–H groups in total. The van der Waals surface area contributed by atoms with Crippen molar-refractivity contribution in [2.24, 2.45) is 0 Å². The molecule has 0 aliphatic heterocycles. The van der Waals surface area contributed by atoms with Crippen molar-refractivity contribution in [3.63, 3.8) is 0 Å². The maximum absolute atomic E-state index is 12.8. The minimum atomic E-state index is -0.246. The van der Waals surface area contributed by atoms with E-state index in [1.165, 1.54) is 12.1 Å². The Balaban J connectivity index is 1.56. The molecular formula is C15H13FN2OS. The Morgan fingerprint density at radius 3 is 2.80 bits per heavy atom. The van der Waals surface area contributed by atoms with Gasteiger partial charge < -0.3 is 10.3 Å². The highest BCUT2D eigenvalue weighted by molar-refractivity contribution is 7.17. The van der Waals surface area contributed by atoms with Gasteiger partial charge in [0.1, 0.15) is 11.5 Å². The molecular weight excluding hydrogens is 275 g/mol. The number of thiophene rings is 1. The van der Waals surface area contributed by atoms with Gasteiger partial charge in [0.15, 0.2) is 0 Å². The molecule has 1 amide bonds. The molecule has 102 valence electrons. The normalized spacial score (nSPS) is 10.8. The first-order valence-corrected chi connectivity index (χ1v) is 7.19. The van der Waals surface area contributed by atoms with Crippen molar-refractivity contribution in [2.75, 3.05) is 6.54 Å². The molecule has 1 aromatic carbocycles. The summed E-state index contributed by atoms with van der Waals surface area (Å²) in [6, 6.07) is 10.1. The van der Waals surface area contributed by atoms with Crippen LogP contribution >= 0.6 is 11.3 Å². The third-order valence-corrected chi connectivity index (χ3v) is 3.96. The molecule has 3 rings (SSSR count). The molecule has 0 saturated carbocycles. The van der Waals surface area contributed by atoms with Gasteiger partial charge in [0, 0.05) is 6.54 Å². The first-order chi connectivity index (χ1) is 9.72. The van der Waals surface area contributed by atoms with Gasteiger partial charge in [-0.3, -0.25) is 4.79 Å². The molecule has 0 aliphatic carbocycles. The van der Waals surface area contributed by atoms with E-state index in [0.717, 1.165) is 15.8 Å². The summed E-state index contributed by atoms with van der Waals surface area (Å²) in [7, 11) is 0. The molecule has 3 aromatic rings. The number of carbonyl (C=O) groups excluding carboxylic acids is 1. The van der Waals surface area contributed by atoms with Gasteiger partial charge in [0.25, 0.3) is 5.91 Å². The first-order valence-electron chi connectivity index (χ1n) is 6.31. The molecule has 3 nitrogen and oxygen atoms in total. The molecule has 0 aliphatic rings. The highest BCUT2D eigenvalue weighted by Crippen LogP contribution is 2.21. The summed E-state index contributed by atoms with van der Waals surface area (Å²) in [5.41, 5.74) is 2.56. The van der Waals surface area contributed by atoms with Crippen molar-refractivity contribution in [3.05, 3.63) is 58.9 Å². The lowest BCUT2D eigenvalue weighted by atomic mass is 10.1. The number of fused-ring (bicyclic) bond motifs is 1. The van der Waals surface area contributed by atoms with Gasteiger partial charge >= 0.3 is 0 Å². The van der Waals surface area contributed by atoms with E-state index in [0.29, 0.717) is 18.7 Å². The van der Waals surface area contributed by atoms with Gasteiger partial charge in [0.05, 0.1) is 10.2 Å². The Kier molecular flexibility index (Phi) is 3.52. The van der Waals surface area contributed by atoms with Crippen LogP contribution in [0.5, 0.6) is 0 Å². The van der Waals surface area contributed by atoms with Crippen molar-refractivity contribution in [3.8, 4) is 0 Å². The van der Waals surface area contributed by atoms with Gasteiger partial charge in [-0.25, -0.2) is 4.39 Å². The molecule has 0 bridgehead atoms. The molecule has 2 heterocycles. The number of rotatable bonds is 4. The highest BCUT2D eigenvalue weighted by Gasteiger charge is 2.09. The van der Waals surface area contributed by atoms with Crippen LogP contribution in [0, 0.1) is 5.82 Å². The van der Waals surface area contributed by atoms with Crippen LogP contribution in [0.15, 0.2) is 41.8 Å². The van der Waals surface area contributed by atoms with Crippen molar-refractivity contribution < 1.29 is 9.18 Å². The minimum Gasteiger partial charge on any atom is -0.350 e. The lowest BCUT2D eigenvalue weighted by molar-refractivity contribution is 0.0950. The number of hydrogen-bond donors (Lipinski definition) is 2. The van der Waals surface area contributed by atoms with E-state index in [4.69, 9.17) is 0 Å². The van der Waals surface area contributed by atoms with Crippen LogP contribution in [0.4, 0.5) is 4.39 Å². The predicted molar refractivity (Wildman–Crippen MR) is 78.6 cm³/mol. The standard InChI is InChI=1S/C15H13FN2OS/c16-11-3-1-10(2-4-11)5-7-17-15(19)13-9-14-12(18-13)6-8-20-14/h1-4,6,8-9,18H,5,7H2,(H,17,19). The zero-order valence-electron chi connectivity index (χ0n) is 10.7. The van der Waals surface area contributed by atoms with Gasteiger partial charge in [-0.2, -0.15) is 0 Å². The SMILES string of the molecule is O=C(NCCc1ccc(F)cc1)c1cc2sccc2[nH]1. The summed E-state index contributed by atoms with van der Waals surface area (Å²) < 4.78 is 13.8. The molecule has 0 unspecified atom stereocenters. The Bertz CT molecular complexity index is 701. The number of halogens is 1. The molecule has 0 atom stereocenters. The fourth-order valence-electron chi connectivity index (χ4n) is 2.04. The summed E-state index contributed by atoms with van der Waals surface area (Å²) >= 11 is 1.60. The quantitative estimate of drug-likeness (QED) is 0.760. The lowest BCUT2D eigenvalue weighted by Gasteiger charge is -2.04. The third kappa shape index (κ3) is 2.72. The van der Waals surface area contributed by atoms with Crippen LogP contribution in [0.2, 0.25) is 0 Å². The predicted octanol–water partition coefficient (Wildman–Crippen LogP) is 3.34. The number of carbonyl (C=O) groups is 1. The van der Waals surface area contributed by atoms with Gasteiger partial charge in [-0.15, -0.1) is 11.3 Å². The largest absolute Gasteiger partial charge is 0.350 e. The van der Waals surface area contributed by atoms with Crippen LogP contribution in [0.25, 0.3) is 10.2 Å². The Morgan fingerprint density at radius 2 is 2.05 bits per heavy atom. The summed E-state index contributed by atoms with van der Waals surface area (Å²) in [6.07, 6.45) is 0.682. The van der Waals surface area contributed by atoms with E-state index >= 15 is 0 Å². The topological polar surface area (TPSA) is 44.9 Å². The number of amides is 1. The third-order valence-electron chi connectivity index (χ3n) is 3.10. The average molecular weight is 288 g/mol. The molecule has 0 radical (unpaired) electrons. The Hall–Kier alpha value is -2.14. The van der Waals surface area contributed by atoms with E-state index in [1.807, 2.05) is 17.5 Å². The fourth-order valence-corrected chi connectivity index (χ4v) is 2.82. The highest BCUT2D eigenvalue weighted by atomic mass is 32.1. The number of aromatic amines is 1. The number of nitrogens with one attached hydrogen (secondary N) is 2. The van der Waals surface area contributed by atoms with E-state index in [9.17, 15) is 9.18 Å². The average Bonchev–Trinajstić information content (AvgIpc) is 3.02. The molecule has 0 fully saturated rings.